The average molecular weight is 458 g/mol. The van der Waals surface area contributed by atoms with Gasteiger partial charge in [-0.1, -0.05) is 6.92 Å². The Kier molecular flexibility index (Phi) is 5.55. The van der Waals surface area contributed by atoms with E-state index in [0.717, 1.165) is 47.6 Å². The largest absolute Gasteiger partial charge is 0.480 e. The predicted molar refractivity (Wildman–Crippen MR) is 129 cm³/mol. The van der Waals surface area contributed by atoms with Crippen molar-refractivity contribution in [3.8, 4) is 23.2 Å². The van der Waals surface area contributed by atoms with Crippen LogP contribution in [0.2, 0.25) is 0 Å². The van der Waals surface area contributed by atoms with Crippen molar-refractivity contribution in [2.45, 2.75) is 25.3 Å². The van der Waals surface area contributed by atoms with Crippen molar-refractivity contribution in [3.63, 3.8) is 0 Å². The van der Waals surface area contributed by atoms with Gasteiger partial charge in [-0.05, 0) is 42.4 Å². The van der Waals surface area contributed by atoms with Crippen LogP contribution in [0.15, 0.2) is 30.5 Å². The van der Waals surface area contributed by atoms with E-state index in [-0.39, 0.29) is 6.61 Å². The number of nitriles is 1. The number of hydrogen-bond donors (Lipinski definition) is 3. The van der Waals surface area contributed by atoms with Gasteiger partial charge >= 0.3 is 0 Å². The zero-order valence-corrected chi connectivity index (χ0v) is 19.5. The van der Waals surface area contributed by atoms with Crippen LogP contribution in [-0.4, -0.2) is 58.8 Å². The first-order valence-corrected chi connectivity index (χ1v) is 11.2. The van der Waals surface area contributed by atoms with Crippen LogP contribution in [0.1, 0.15) is 29.3 Å². The minimum Gasteiger partial charge on any atom is -0.480 e. The van der Waals surface area contributed by atoms with Gasteiger partial charge in [-0.2, -0.15) is 5.26 Å². The Bertz CT molecular complexity index is 1300. The van der Waals surface area contributed by atoms with Crippen molar-refractivity contribution in [2.24, 2.45) is 0 Å². The normalized spacial score (nSPS) is 19.0. The summed E-state index contributed by atoms with van der Waals surface area (Å²) in [5, 5.41) is 26.2. The average Bonchev–Trinajstić information content (AvgIpc) is 3.20. The smallest absolute Gasteiger partial charge is 0.237 e. The fourth-order valence-corrected chi connectivity index (χ4v) is 4.60. The first-order chi connectivity index (χ1) is 16.4. The molecule has 0 bridgehead atoms. The number of methoxy groups -OCH3 is 1. The molecule has 34 heavy (non-hydrogen) atoms. The van der Waals surface area contributed by atoms with Gasteiger partial charge in [0.1, 0.15) is 11.8 Å². The highest BCUT2D eigenvalue weighted by atomic mass is 16.5. The molecular weight excluding hydrogens is 430 g/mol. The summed E-state index contributed by atoms with van der Waals surface area (Å²) >= 11 is 0. The molecular formula is C25H27N7O2. The fraction of sp³-hybridized carbons (Fsp3) is 0.360. The van der Waals surface area contributed by atoms with E-state index in [1.54, 1.807) is 13.3 Å². The molecule has 2 aliphatic rings. The molecule has 9 heteroatoms. The molecule has 9 nitrogen and oxygen atoms in total. The lowest BCUT2D eigenvalue weighted by Crippen LogP contribution is -2.28. The number of hydrogen-bond acceptors (Lipinski definition) is 9. The number of pyridine rings is 1. The maximum Gasteiger partial charge on any atom is 0.237 e. The van der Waals surface area contributed by atoms with Gasteiger partial charge in [0.2, 0.25) is 11.8 Å². The number of benzene rings is 1. The summed E-state index contributed by atoms with van der Waals surface area (Å²) in [6.07, 6.45) is 2.56. The van der Waals surface area contributed by atoms with Crippen LogP contribution in [0.25, 0.3) is 11.3 Å². The maximum atomic E-state index is 9.98. The van der Waals surface area contributed by atoms with Gasteiger partial charge < -0.3 is 25.4 Å². The van der Waals surface area contributed by atoms with E-state index in [2.05, 4.69) is 33.6 Å². The first kappa shape index (κ1) is 22.1. The quantitative estimate of drug-likeness (QED) is 0.531. The minimum atomic E-state index is -0.458. The Hall–Kier alpha value is -3.74. The van der Waals surface area contributed by atoms with E-state index in [4.69, 9.17) is 14.7 Å². The topological polar surface area (TPSA) is 119 Å². The lowest BCUT2D eigenvalue weighted by atomic mass is 9.83. The Morgan fingerprint density at radius 3 is 2.94 bits per heavy atom. The van der Waals surface area contributed by atoms with Gasteiger partial charge in [-0.15, -0.1) is 0 Å². The third-order valence-corrected chi connectivity index (χ3v) is 6.63. The fourth-order valence-electron chi connectivity index (χ4n) is 4.60. The van der Waals surface area contributed by atoms with Crippen LogP contribution >= 0.6 is 0 Å². The van der Waals surface area contributed by atoms with E-state index in [1.807, 2.05) is 31.2 Å². The molecule has 1 atom stereocenters. The van der Waals surface area contributed by atoms with Gasteiger partial charge in [0.15, 0.2) is 0 Å². The molecule has 3 N–H and O–H groups in total. The molecule has 2 aromatic heterocycles. The van der Waals surface area contributed by atoms with Gasteiger partial charge in [0.05, 0.1) is 36.4 Å². The summed E-state index contributed by atoms with van der Waals surface area (Å²) < 4.78 is 5.53. The number of likely N-dealkylation sites (N-methyl/N-ethyl adjacent to an activating group) is 1. The van der Waals surface area contributed by atoms with E-state index in [1.165, 1.54) is 0 Å². The number of nitrogens with one attached hydrogen (secondary N) is 2. The molecule has 0 aliphatic carbocycles. The standard InChI is InChI=1S/C25H27N7O2/c1-25(14-33)13-28-22-16(11-26)8-15(9-18(22)25)19-4-6-27-24(30-19)31-21-10-17-12-32(2)7-5-20(17)29-23(21)34-3/h4,6,8-10,28,33H,5,7,12-14H2,1-3H3,(H,27,30,31)/t25-/m1/s1. The number of aromatic nitrogens is 3. The zero-order valence-electron chi connectivity index (χ0n) is 19.5. The molecule has 0 unspecified atom stereocenters. The molecule has 0 fully saturated rings. The molecule has 3 aromatic rings. The van der Waals surface area contributed by atoms with Gasteiger partial charge in [0.25, 0.3) is 0 Å². The summed E-state index contributed by atoms with van der Waals surface area (Å²) in [7, 11) is 3.70. The highest BCUT2D eigenvalue weighted by Gasteiger charge is 2.36. The van der Waals surface area contributed by atoms with Crippen molar-refractivity contribution in [1.29, 1.82) is 5.26 Å². The summed E-state index contributed by atoms with van der Waals surface area (Å²) in [5.74, 6) is 0.912. The van der Waals surface area contributed by atoms with Crippen molar-refractivity contribution >= 4 is 17.3 Å². The third-order valence-electron chi connectivity index (χ3n) is 6.63. The first-order valence-electron chi connectivity index (χ1n) is 11.2. The second kappa shape index (κ2) is 8.56. The molecule has 4 heterocycles. The maximum absolute atomic E-state index is 9.98. The van der Waals surface area contributed by atoms with Gasteiger partial charge in [-0.25, -0.2) is 15.0 Å². The van der Waals surface area contributed by atoms with Crippen molar-refractivity contribution in [2.75, 3.05) is 44.5 Å². The SMILES string of the molecule is COc1nc2c(cc1Nc1nccc(-c3cc(C#N)c4c(c3)[C@@](C)(CO)CN4)n1)CN(C)CC2. The number of anilines is 3. The van der Waals surface area contributed by atoms with Crippen LogP contribution in [0.4, 0.5) is 17.3 Å². The second-order valence-electron chi connectivity index (χ2n) is 9.16. The minimum absolute atomic E-state index is 0.0157. The van der Waals surface area contributed by atoms with E-state index < -0.39 is 5.41 Å². The van der Waals surface area contributed by atoms with Crippen molar-refractivity contribution in [3.05, 3.63) is 52.8 Å². The molecule has 0 radical (unpaired) electrons. The van der Waals surface area contributed by atoms with Crippen LogP contribution in [0.5, 0.6) is 5.88 Å². The molecule has 0 saturated heterocycles. The monoisotopic (exact) mass is 457 g/mol. The molecule has 1 aromatic carbocycles. The van der Waals surface area contributed by atoms with Crippen molar-refractivity contribution in [1.82, 2.24) is 19.9 Å². The highest BCUT2D eigenvalue weighted by molar-refractivity contribution is 5.76. The van der Waals surface area contributed by atoms with Crippen LogP contribution < -0.4 is 15.4 Å². The third kappa shape index (κ3) is 3.81. The highest BCUT2D eigenvalue weighted by Crippen LogP contribution is 2.41. The summed E-state index contributed by atoms with van der Waals surface area (Å²) in [6.45, 7) is 4.34. The summed E-state index contributed by atoms with van der Waals surface area (Å²) in [4.78, 5) is 16.0. The van der Waals surface area contributed by atoms with E-state index in [0.29, 0.717) is 35.3 Å². The number of ether oxygens (including phenoxy) is 1. The molecule has 0 saturated carbocycles. The Labute approximate surface area is 198 Å². The lowest BCUT2D eigenvalue weighted by Gasteiger charge is -2.25. The molecule has 0 amide bonds. The Morgan fingerprint density at radius 1 is 1.32 bits per heavy atom. The molecule has 5 rings (SSSR count). The predicted octanol–water partition coefficient (Wildman–Crippen LogP) is 2.83. The second-order valence-corrected chi connectivity index (χ2v) is 9.16. The Morgan fingerprint density at radius 2 is 2.18 bits per heavy atom. The number of fused-ring (bicyclic) bond motifs is 2. The van der Waals surface area contributed by atoms with E-state index >= 15 is 0 Å². The van der Waals surface area contributed by atoms with Crippen molar-refractivity contribution < 1.29 is 9.84 Å². The van der Waals surface area contributed by atoms with Crippen LogP contribution in [0.3, 0.4) is 0 Å². The number of aliphatic hydroxyl groups is 1. The van der Waals surface area contributed by atoms with E-state index in [9.17, 15) is 10.4 Å². The van der Waals surface area contributed by atoms with Crippen LogP contribution in [-0.2, 0) is 18.4 Å². The number of aliphatic hydroxyl groups excluding tert-OH is 1. The molecule has 2 aliphatic heterocycles. The molecule has 0 spiro atoms. The van der Waals surface area contributed by atoms with Gasteiger partial charge in [0, 0.05) is 43.2 Å². The van der Waals surface area contributed by atoms with Crippen LogP contribution in [0, 0.1) is 11.3 Å². The summed E-state index contributed by atoms with van der Waals surface area (Å²) in [5.41, 5.74) is 6.15. The lowest BCUT2D eigenvalue weighted by molar-refractivity contribution is 0.219. The van der Waals surface area contributed by atoms with Gasteiger partial charge in [-0.3, -0.25) is 0 Å². The summed E-state index contributed by atoms with van der Waals surface area (Å²) in [6, 6.07) is 9.94. The molecule has 174 valence electrons. The number of nitrogens with zero attached hydrogens (tertiary/aromatic N) is 5. The number of rotatable bonds is 5. The zero-order chi connectivity index (χ0) is 23.9. The Balaban J connectivity index is 1.51.